The fourth-order valence-corrected chi connectivity index (χ4v) is 3.97. The van der Waals surface area contributed by atoms with E-state index in [9.17, 15) is 9.90 Å². The number of carbonyl (C=O) groups is 1. The number of aliphatic hydroxyl groups is 1. The molecule has 1 fully saturated rings. The normalized spacial score (nSPS) is 17.3. The summed E-state index contributed by atoms with van der Waals surface area (Å²) in [6.45, 7) is 3.57. The second-order valence-electron chi connectivity index (χ2n) is 8.24. The molecule has 0 aromatic rings. The Hall–Kier alpha value is -0.770. The molecule has 0 aromatic heterocycles. The summed E-state index contributed by atoms with van der Waals surface area (Å²) in [5, 5.41) is 9.36. The fourth-order valence-electron chi connectivity index (χ4n) is 3.97. The molecule has 1 saturated heterocycles. The molecule has 1 atom stereocenters. The third-order valence-electron chi connectivity index (χ3n) is 5.80. The molecule has 0 spiro atoms. The molecule has 0 aromatic carbocycles. The van der Waals surface area contributed by atoms with Crippen LogP contribution < -0.4 is 0 Å². The first-order valence-corrected chi connectivity index (χ1v) is 11.8. The Morgan fingerprint density at radius 3 is 1.89 bits per heavy atom. The van der Waals surface area contributed by atoms with Crippen molar-refractivity contribution in [3.8, 4) is 0 Å². The highest BCUT2D eigenvalue weighted by molar-refractivity contribution is 5.68. The third kappa shape index (κ3) is 12.3. The van der Waals surface area contributed by atoms with Crippen LogP contribution in [-0.2, 0) is 4.74 Å². The summed E-state index contributed by atoms with van der Waals surface area (Å²) in [5.74, 6) is 0. The molecule has 1 rings (SSSR count). The monoisotopic (exact) mass is 383 g/mol. The van der Waals surface area contributed by atoms with Gasteiger partial charge in [-0.1, -0.05) is 90.4 Å². The van der Waals surface area contributed by atoms with E-state index in [1.165, 1.54) is 77.0 Å². The lowest BCUT2D eigenvalue weighted by Crippen LogP contribution is -2.45. The van der Waals surface area contributed by atoms with Crippen LogP contribution >= 0.6 is 0 Å². The molecular formula is C23H45NO3. The highest BCUT2D eigenvalue weighted by Crippen LogP contribution is 2.18. The number of hydrogen-bond donors (Lipinski definition) is 1. The van der Waals surface area contributed by atoms with E-state index < -0.39 is 0 Å². The van der Waals surface area contributed by atoms with E-state index in [0.717, 1.165) is 38.6 Å². The minimum absolute atomic E-state index is 0.0393. The van der Waals surface area contributed by atoms with Gasteiger partial charge in [-0.15, -0.1) is 0 Å². The second-order valence-corrected chi connectivity index (χ2v) is 8.24. The van der Waals surface area contributed by atoms with Crippen LogP contribution in [0.4, 0.5) is 4.79 Å². The Bertz CT molecular complexity index is 349. The maximum Gasteiger partial charge on any atom is 0.410 e. The molecule has 27 heavy (non-hydrogen) atoms. The van der Waals surface area contributed by atoms with Gasteiger partial charge in [-0.25, -0.2) is 4.79 Å². The number of aliphatic hydroxyl groups excluding tert-OH is 1. The Morgan fingerprint density at radius 1 is 0.852 bits per heavy atom. The molecule has 1 heterocycles. The topological polar surface area (TPSA) is 49.8 Å². The molecule has 1 aliphatic heterocycles. The van der Waals surface area contributed by atoms with Crippen molar-refractivity contribution in [2.24, 2.45) is 0 Å². The zero-order valence-electron chi connectivity index (χ0n) is 17.9. The first kappa shape index (κ1) is 24.3. The number of hydrogen-bond acceptors (Lipinski definition) is 3. The molecular weight excluding hydrogens is 338 g/mol. The van der Waals surface area contributed by atoms with Crippen LogP contribution in [0.2, 0.25) is 0 Å². The summed E-state index contributed by atoms with van der Waals surface area (Å²) >= 11 is 0. The lowest BCUT2D eigenvalue weighted by atomic mass is 10.0. The molecule has 1 aliphatic rings. The number of rotatable bonds is 16. The number of nitrogens with zero attached hydrogens (tertiary/aromatic N) is 1. The lowest BCUT2D eigenvalue weighted by molar-refractivity contribution is 0.0530. The van der Waals surface area contributed by atoms with E-state index in [1.54, 1.807) is 4.90 Å². The van der Waals surface area contributed by atoms with Gasteiger partial charge in [0.05, 0.1) is 19.3 Å². The van der Waals surface area contributed by atoms with Crippen molar-refractivity contribution in [1.29, 1.82) is 0 Å². The van der Waals surface area contributed by atoms with E-state index in [4.69, 9.17) is 4.74 Å². The minimum Gasteiger partial charge on any atom is -0.449 e. The van der Waals surface area contributed by atoms with Gasteiger partial charge in [0, 0.05) is 6.54 Å². The van der Waals surface area contributed by atoms with E-state index in [2.05, 4.69) is 6.92 Å². The first-order valence-electron chi connectivity index (χ1n) is 11.8. The molecule has 1 amide bonds. The van der Waals surface area contributed by atoms with Gasteiger partial charge < -0.3 is 14.7 Å². The van der Waals surface area contributed by atoms with Gasteiger partial charge in [-0.2, -0.15) is 0 Å². The Balaban J connectivity index is 1.83. The smallest absolute Gasteiger partial charge is 0.410 e. The summed E-state index contributed by atoms with van der Waals surface area (Å²) in [6, 6.07) is -0.0393. The van der Waals surface area contributed by atoms with Crippen LogP contribution in [0, 0.1) is 0 Å². The van der Waals surface area contributed by atoms with Crippen LogP contribution in [0.5, 0.6) is 0 Å². The van der Waals surface area contributed by atoms with Crippen LogP contribution in [0.15, 0.2) is 0 Å². The Morgan fingerprint density at radius 2 is 1.37 bits per heavy atom. The summed E-state index contributed by atoms with van der Waals surface area (Å²) in [5.41, 5.74) is 0. The van der Waals surface area contributed by atoms with Crippen molar-refractivity contribution in [3.63, 3.8) is 0 Å². The van der Waals surface area contributed by atoms with E-state index in [1.807, 2.05) is 0 Å². The van der Waals surface area contributed by atoms with Gasteiger partial charge in [0.15, 0.2) is 0 Å². The van der Waals surface area contributed by atoms with E-state index in [-0.39, 0.29) is 18.7 Å². The maximum absolute atomic E-state index is 12.1. The Labute approximate surface area is 168 Å². The number of ether oxygens (including phenoxy) is 1. The minimum atomic E-state index is -0.233. The average Bonchev–Trinajstić information content (AvgIpc) is 2.70. The molecule has 1 N–H and O–H groups in total. The highest BCUT2D eigenvalue weighted by atomic mass is 16.6. The van der Waals surface area contributed by atoms with Gasteiger partial charge in [0.2, 0.25) is 0 Å². The summed E-state index contributed by atoms with van der Waals surface area (Å²) in [6.07, 6.45) is 21.4. The molecule has 0 saturated carbocycles. The Kier molecular flexibility index (Phi) is 15.6. The van der Waals surface area contributed by atoms with Crippen molar-refractivity contribution in [3.05, 3.63) is 0 Å². The van der Waals surface area contributed by atoms with E-state index >= 15 is 0 Å². The van der Waals surface area contributed by atoms with Gasteiger partial charge in [0.1, 0.15) is 0 Å². The number of carbonyl (C=O) groups excluding carboxylic acids is 1. The van der Waals surface area contributed by atoms with Crippen molar-refractivity contribution in [2.45, 2.75) is 122 Å². The zero-order valence-corrected chi connectivity index (χ0v) is 17.9. The molecule has 0 radical (unpaired) electrons. The van der Waals surface area contributed by atoms with Gasteiger partial charge in [0.25, 0.3) is 0 Å². The zero-order chi connectivity index (χ0) is 19.6. The first-order chi connectivity index (χ1) is 13.3. The second kappa shape index (κ2) is 17.3. The number of amides is 1. The van der Waals surface area contributed by atoms with Gasteiger partial charge in [-0.3, -0.25) is 0 Å². The van der Waals surface area contributed by atoms with Crippen LogP contribution in [0.3, 0.4) is 0 Å². The van der Waals surface area contributed by atoms with Crippen molar-refractivity contribution in [2.75, 3.05) is 19.8 Å². The van der Waals surface area contributed by atoms with Crippen molar-refractivity contribution >= 4 is 6.09 Å². The molecule has 160 valence electrons. The summed E-state index contributed by atoms with van der Waals surface area (Å²) < 4.78 is 5.40. The number of unbranched alkanes of at least 4 members (excludes halogenated alkanes) is 13. The van der Waals surface area contributed by atoms with Crippen LogP contribution in [0.1, 0.15) is 116 Å². The highest BCUT2D eigenvalue weighted by Gasteiger charge is 2.26. The summed E-state index contributed by atoms with van der Waals surface area (Å²) in [4.78, 5) is 13.8. The standard InChI is InChI=1S/C23H45NO3/c1-2-3-4-5-6-7-8-9-10-11-12-13-14-17-20-27-23(26)24-19-16-15-18-22(24)21-25/h22,25H,2-21H2,1H3. The molecule has 0 bridgehead atoms. The fraction of sp³-hybridized carbons (Fsp3) is 0.957. The quantitative estimate of drug-likeness (QED) is 0.311. The van der Waals surface area contributed by atoms with E-state index in [0.29, 0.717) is 6.61 Å². The average molecular weight is 384 g/mol. The van der Waals surface area contributed by atoms with Gasteiger partial charge in [-0.05, 0) is 25.7 Å². The third-order valence-corrected chi connectivity index (χ3v) is 5.80. The largest absolute Gasteiger partial charge is 0.449 e. The molecule has 4 nitrogen and oxygen atoms in total. The van der Waals surface area contributed by atoms with Gasteiger partial charge >= 0.3 is 6.09 Å². The maximum atomic E-state index is 12.1. The SMILES string of the molecule is CCCCCCCCCCCCCCCCOC(=O)N1CCCCC1CO. The van der Waals surface area contributed by atoms with Crippen molar-refractivity contribution in [1.82, 2.24) is 4.90 Å². The molecule has 0 aliphatic carbocycles. The molecule has 1 unspecified atom stereocenters. The summed E-state index contributed by atoms with van der Waals surface area (Å²) in [7, 11) is 0. The van der Waals surface area contributed by atoms with Crippen LogP contribution in [-0.4, -0.2) is 41.9 Å². The number of likely N-dealkylation sites (tertiary alicyclic amines) is 1. The lowest BCUT2D eigenvalue weighted by Gasteiger charge is -2.33. The number of piperidine rings is 1. The predicted octanol–water partition coefficient (Wildman–Crippen LogP) is 6.45. The van der Waals surface area contributed by atoms with Crippen molar-refractivity contribution < 1.29 is 14.6 Å². The molecule has 4 heteroatoms. The predicted molar refractivity (Wildman–Crippen MR) is 113 cm³/mol. The van der Waals surface area contributed by atoms with Crippen LogP contribution in [0.25, 0.3) is 0 Å².